The third kappa shape index (κ3) is 18.9. The van der Waals surface area contributed by atoms with Crippen molar-refractivity contribution in [3.05, 3.63) is 128 Å². The average Bonchev–Trinajstić information content (AvgIpc) is 3.10. The minimum Gasteiger partial charge on any atom is -0.289 e. The first kappa shape index (κ1) is 45.6. The number of fused-ring (bicyclic) bond motifs is 1. The monoisotopic (exact) mass is 719 g/mol. The first-order chi connectivity index (χ1) is 25.3. The average molecular weight is 719 g/mol. The Morgan fingerprint density at radius 2 is 0.906 bits per heavy atom. The molecule has 0 aliphatic heterocycles. The minimum absolute atomic E-state index is 0.00344. The number of carbonyl (C=O) groups is 2. The third-order valence-corrected chi connectivity index (χ3v) is 10.8. The van der Waals surface area contributed by atoms with Crippen LogP contribution in [0.5, 0.6) is 0 Å². The summed E-state index contributed by atoms with van der Waals surface area (Å²) in [6.45, 7) is 22.1. The van der Waals surface area contributed by atoms with Crippen LogP contribution in [-0.4, -0.2) is 11.6 Å². The van der Waals surface area contributed by atoms with Gasteiger partial charge in [0, 0.05) is 22.3 Å². The molecule has 0 fully saturated rings. The summed E-state index contributed by atoms with van der Waals surface area (Å²) < 4.78 is 0. The van der Waals surface area contributed by atoms with Crippen LogP contribution in [0.25, 0.3) is 0 Å². The smallest absolute Gasteiger partial charge is 0.190 e. The Bertz CT molecular complexity index is 1590. The van der Waals surface area contributed by atoms with Crippen molar-refractivity contribution in [2.75, 3.05) is 0 Å². The van der Waals surface area contributed by atoms with Crippen LogP contribution in [0.3, 0.4) is 0 Å². The van der Waals surface area contributed by atoms with Gasteiger partial charge < -0.3 is 0 Å². The van der Waals surface area contributed by atoms with Crippen molar-refractivity contribution >= 4 is 11.6 Å². The van der Waals surface area contributed by atoms with Gasteiger partial charge in [-0.05, 0) is 165 Å². The van der Waals surface area contributed by atoms with Crippen molar-refractivity contribution < 1.29 is 9.59 Å². The second-order valence-corrected chi connectivity index (χ2v) is 16.4. The molecule has 0 aromatic heterocycles. The molecule has 290 valence electrons. The van der Waals surface area contributed by atoms with Gasteiger partial charge in [0.15, 0.2) is 11.6 Å². The van der Waals surface area contributed by atoms with E-state index in [4.69, 9.17) is 0 Å². The SMILES string of the molecule is CC(C)=CCC/C(C)=C/CC/C(C)=C/CC/C(C)=C/CC/C(C)=C/CC/C(C)=C/CCC(C)CCC/C(C)=C/CC1=C(C)C(=O)c2ccccc2C1=O. The number of Topliss-reactive ketones (excluding diaryl/α,β-unsaturated/α-hetero) is 2. The van der Waals surface area contributed by atoms with Crippen molar-refractivity contribution in [2.45, 2.75) is 172 Å². The van der Waals surface area contributed by atoms with Crippen molar-refractivity contribution in [1.82, 2.24) is 0 Å². The summed E-state index contributed by atoms with van der Waals surface area (Å²) in [6.07, 6.45) is 34.6. The lowest BCUT2D eigenvalue weighted by Crippen LogP contribution is -2.20. The molecule has 0 spiro atoms. The zero-order chi connectivity index (χ0) is 39.2. The standard InChI is InChI=1S/C51H74O2/c1-38(2)20-13-21-39(3)22-14-23-40(4)24-15-25-41(5)26-16-27-42(6)28-17-29-43(7)30-18-31-44(8)32-19-33-45(9)36-37-47-46(10)50(52)48-34-11-12-35-49(48)51(47)53/h11-12,20,22,24,26,28,30,34-36,44H,13-19,21,23,25,27,29,31-33,37H2,1-10H3/b39-22+,40-24+,41-26+,42-28+,43-30+,45-36+. The zero-order valence-corrected chi connectivity index (χ0v) is 35.6. The summed E-state index contributed by atoms with van der Waals surface area (Å²) in [7, 11) is 0. The van der Waals surface area contributed by atoms with Crippen LogP contribution >= 0.6 is 0 Å². The Kier molecular flexibility index (Phi) is 21.9. The second kappa shape index (κ2) is 25.5. The summed E-state index contributed by atoms with van der Waals surface area (Å²) in [5.74, 6) is 0.688. The van der Waals surface area contributed by atoms with Gasteiger partial charge in [-0.15, -0.1) is 0 Å². The van der Waals surface area contributed by atoms with Crippen LogP contribution in [0, 0.1) is 5.92 Å². The Balaban J connectivity index is 1.59. The molecule has 2 heteroatoms. The van der Waals surface area contributed by atoms with Crippen LogP contribution in [0.4, 0.5) is 0 Å². The van der Waals surface area contributed by atoms with Gasteiger partial charge in [0.2, 0.25) is 0 Å². The molecule has 0 radical (unpaired) electrons. The van der Waals surface area contributed by atoms with E-state index in [1.54, 1.807) is 19.1 Å². The molecule has 2 nitrogen and oxygen atoms in total. The first-order valence-electron chi connectivity index (χ1n) is 20.7. The molecule has 1 aliphatic carbocycles. The van der Waals surface area contributed by atoms with Crippen LogP contribution in [0.15, 0.2) is 117 Å². The van der Waals surface area contributed by atoms with E-state index in [9.17, 15) is 9.59 Å². The van der Waals surface area contributed by atoms with Gasteiger partial charge in [-0.25, -0.2) is 0 Å². The van der Waals surface area contributed by atoms with E-state index >= 15 is 0 Å². The molecule has 1 atom stereocenters. The molecule has 0 bridgehead atoms. The highest BCUT2D eigenvalue weighted by atomic mass is 16.1. The lowest BCUT2D eigenvalue weighted by Gasteiger charge is -2.18. The lowest BCUT2D eigenvalue weighted by atomic mass is 9.83. The predicted octanol–water partition coefficient (Wildman–Crippen LogP) is 15.9. The van der Waals surface area contributed by atoms with Gasteiger partial charge in [0.05, 0.1) is 0 Å². The van der Waals surface area contributed by atoms with Crippen LogP contribution in [0.2, 0.25) is 0 Å². The third-order valence-electron chi connectivity index (χ3n) is 10.8. The van der Waals surface area contributed by atoms with Crippen molar-refractivity contribution in [3.63, 3.8) is 0 Å². The van der Waals surface area contributed by atoms with Gasteiger partial charge >= 0.3 is 0 Å². The summed E-state index contributed by atoms with van der Waals surface area (Å²) in [5, 5.41) is 0. The Morgan fingerprint density at radius 1 is 0.509 bits per heavy atom. The van der Waals surface area contributed by atoms with Gasteiger partial charge in [-0.1, -0.05) is 119 Å². The van der Waals surface area contributed by atoms with E-state index in [1.165, 1.54) is 71.1 Å². The molecule has 1 aromatic carbocycles. The Hall–Kier alpha value is -3.52. The van der Waals surface area contributed by atoms with Crippen molar-refractivity contribution in [2.24, 2.45) is 5.92 Å². The molecular weight excluding hydrogens is 645 g/mol. The Morgan fingerprint density at radius 3 is 1.36 bits per heavy atom. The number of hydrogen-bond acceptors (Lipinski definition) is 2. The van der Waals surface area contributed by atoms with E-state index < -0.39 is 0 Å². The van der Waals surface area contributed by atoms with Crippen LogP contribution in [0.1, 0.15) is 193 Å². The van der Waals surface area contributed by atoms with Gasteiger partial charge in [-0.3, -0.25) is 9.59 Å². The maximum atomic E-state index is 13.0. The lowest BCUT2D eigenvalue weighted by molar-refractivity contribution is 0.0973. The quantitative estimate of drug-likeness (QED) is 0.0997. The van der Waals surface area contributed by atoms with E-state index in [-0.39, 0.29) is 11.6 Å². The molecule has 0 saturated carbocycles. The predicted molar refractivity (Wildman–Crippen MR) is 233 cm³/mol. The van der Waals surface area contributed by atoms with Crippen molar-refractivity contribution in [1.29, 1.82) is 0 Å². The fraction of sp³-hybridized carbons (Fsp3) is 0.529. The number of rotatable bonds is 24. The fourth-order valence-electron chi connectivity index (χ4n) is 6.95. The highest BCUT2D eigenvalue weighted by molar-refractivity contribution is 6.26. The fourth-order valence-corrected chi connectivity index (χ4v) is 6.95. The van der Waals surface area contributed by atoms with Crippen molar-refractivity contribution in [3.8, 4) is 0 Å². The van der Waals surface area contributed by atoms with Crippen LogP contribution in [-0.2, 0) is 0 Å². The number of hydrogen-bond donors (Lipinski definition) is 0. The molecule has 53 heavy (non-hydrogen) atoms. The zero-order valence-electron chi connectivity index (χ0n) is 35.6. The summed E-state index contributed by atoms with van der Waals surface area (Å²) in [5.41, 5.74) is 12.6. The first-order valence-corrected chi connectivity index (χ1v) is 20.7. The molecule has 0 heterocycles. The normalized spacial score (nSPS) is 15.7. The molecule has 0 amide bonds. The highest BCUT2D eigenvalue weighted by Gasteiger charge is 2.28. The number of benzene rings is 1. The molecule has 0 N–H and O–H groups in total. The largest absolute Gasteiger partial charge is 0.289 e. The maximum Gasteiger partial charge on any atom is 0.190 e. The van der Waals surface area contributed by atoms with Gasteiger partial charge in [-0.2, -0.15) is 0 Å². The second-order valence-electron chi connectivity index (χ2n) is 16.4. The van der Waals surface area contributed by atoms with E-state index in [0.29, 0.717) is 34.6 Å². The highest BCUT2D eigenvalue weighted by Crippen LogP contribution is 2.29. The van der Waals surface area contributed by atoms with E-state index in [0.717, 1.165) is 64.2 Å². The molecule has 2 rings (SSSR count). The van der Waals surface area contributed by atoms with Gasteiger partial charge in [0.25, 0.3) is 0 Å². The number of allylic oxidation sites excluding steroid dienone is 16. The summed E-state index contributed by atoms with van der Waals surface area (Å²) in [4.78, 5) is 25.8. The van der Waals surface area contributed by atoms with E-state index in [1.807, 2.05) is 12.1 Å². The molecule has 1 unspecified atom stereocenters. The Labute approximate surface area is 326 Å². The number of carbonyl (C=O) groups excluding carboxylic acids is 2. The molecule has 1 aromatic rings. The number of ketones is 2. The van der Waals surface area contributed by atoms with Gasteiger partial charge in [0.1, 0.15) is 0 Å². The molecule has 1 aliphatic rings. The summed E-state index contributed by atoms with van der Waals surface area (Å²) >= 11 is 0. The van der Waals surface area contributed by atoms with Crippen LogP contribution < -0.4 is 0 Å². The summed E-state index contributed by atoms with van der Waals surface area (Å²) in [6, 6.07) is 7.18. The molecule has 0 saturated heterocycles. The van der Waals surface area contributed by atoms with E-state index in [2.05, 4.69) is 105 Å². The maximum absolute atomic E-state index is 13.0. The topological polar surface area (TPSA) is 34.1 Å². The minimum atomic E-state index is -0.0135. The molecular formula is C51H74O2.